The van der Waals surface area contributed by atoms with E-state index in [0.717, 1.165) is 27.9 Å². The summed E-state index contributed by atoms with van der Waals surface area (Å²) < 4.78 is 5.41. The van der Waals surface area contributed by atoms with E-state index in [1.54, 1.807) is 6.20 Å². The van der Waals surface area contributed by atoms with Crippen LogP contribution in [0.2, 0.25) is 0 Å². The van der Waals surface area contributed by atoms with Crippen molar-refractivity contribution in [2.45, 2.75) is 13.1 Å². The summed E-state index contributed by atoms with van der Waals surface area (Å²) in [5.41, 5.74) is 3.44. The largest absolute Gasteiger partial charge is 0.330 e. The van der Waals surface area contributed by atoms with Crippen molar-refractivity contribution >= 4 is 27.0 Å². The zero-order valence-corrected chi connectivity index (χ0v) is 14.0. The van der Waals surface area contributed by atoms with Gasteiger partial charge in [-0.05, 0) is 29.8 Å². The van der Waals surface area contributed by atoms with E-state index >= 15 is 0 Å². The summed E-state index contributed by atoms with van der Waals surface area (Å²) in [7, 11) is 0. The number of hydrogen-bond acceptors (Lipinski definition) is 2. The van der Waals surface area contributed by atoms with Crippen molar-refractivity contribution in [3.8, 4) is 0 Å². The normalized spacial score (nSPS) is 11.2. The van der Waals surface area contributed by atoms with E-state index in [4.69, 9.17) is 4.98 Å². The molecule has 0 fully saturated rings. The molecule has 4 aromatic rings. The number of rotatable bonds is 4. The standard InChI is InChI=1S/C18H15BrN4/c19-15-7-5-14(6-8-15)11-23-17-4-2-1-3-16(17)21-18(23)12-22-10-9-20-13-22/h1-10,13H,11-12H2. The smallest absolute Gasteiger partial charge is 0.130 e. The lowest BCUT2D eigenvalue weighted by Gasteiger charge is -2.10. The molecule has 0 bridgehead atoms. The summed E-state index contributed by atoms with van der Waals surface area (Å²) in [4.78, 5) is 8.92. The average Bonchev–Trinajstić information content (AvgIpc) is 3.19. The molecule has 0 saturated carbocycles. The summed E-state index contributed by atoms with van der Waals surface area (Å²) in [6.07, 6.45) is 5.58. The van der Waals surface area contributed by atoms with Gasteiger partial charge in [-0.1, -0.05) is 40.2 Å². The van der Waals surface area contributed by atoms with Crippen LogP contribution in [0.3, 0.4) is 0 Å². The van der Waals surface area contributed by atoms with Crippen LogP contribution in [-0.2, 0) is 13.1 Å². The Hall–Kier alpha value is -2.40. The summed E-state index contributed by atoms with van der Waals surface area (Å²) in [6.45, 7) is 1.52. The molecule has 114 valence electrons. The molecule has 2 aromatic carbocycles. The second kappa shape index (κ2) is 6.01. The molecule has 23 heavy (non-hydrogen) atoms. The first-order valence-corrected chi connectivity index (χ1v) is 8.23. The van der Waals surface area contributed by atoms with Crippen molar-refractivity contribution in [3.63, 3.8) is 0 Å². The van der Waals surface area contributed by atoms with Gasteiger partial charge in [-0.2, -0.15) is 0 Å². The van der Waals surface area contributed by atoms with Crippen LogP contribution >= 0.6 is 15.9 Å². The van der Waals surface area contributed by atoms with Gasteiger partial charge in [-0.15, -0.1) is 0 Å². The molecule has 4 nitrogen and oxygen atoms in total. The third kappa shape index (κ3) is 2.92. The van der Waals surface area contributed by atoms with Crippen molar-refractivity contribution in [2.24, 2.45) is 0 Å². The van der Waals surface area contributed by atoms with Gasteiger partial charge in [0.15, 0.2) is 0 Å². The van der Waals surface area contributed by atoms with E-state index in [1.165, 1.54) is 5.56 Å². The number of para-hydroxylation sites is 2. The minimum atomic E-state index is 0.714. The second-order valence-electron chi connectivity index (χ2n) is 5.46. The summed E-state index contributed by atoms with van der Waals surface area (Å²) in [6, 6.07) is 16.7. The number of imidazole rings is 2. The second-order valence-corrected chi connectivity index (χ2v) is 6.38. The predicted octanol–water partition coefficient (Wildman–Crippen LogP) is 4.09. The first kappa shape index (κ1) is 14.2. The van der Waals surface area contributed by atoms with Gasteiger partial charge in [0.25, 0.3) is 0 Å². The van der Waals surface area contributed by atoms with Crippen LogP contribution in [0.5, 0.6) is 0 Å². The van der Waals surface area contributed by atoms with E-state index in [-0.39, 0.29) is 0 Å². The molecule has 0 aliphatic carbocycles. The number of aromatic nitrogens is 4. The third-order valence-corrected chi connectivity index (χ3v) is 4.40. The lowest BCUT2D eigenvalue weighted by molar-refractivity contribution is 0.677. The maximum absolute atomic E-state index is 4.81. The van der Waals surface area contributed by atoms with Crippen LogP contribution in [0.4, 0.5) is 0 Å². The van der Waals surface area contributed by atoms with Crippen molar-refractivity contribution < 1.29 is 0 Å². The van der Waals surface area contributed by atoms with Gasteiger partial charge in [-0.25, -0.2) is 9.97 Å². The van der Waals surface area contributed by atoms with Crippen LogP contribution in [0.1, 0.15) is 11.4 Å². The fourth-order valence-corrected chi connectivity index (χ4v) is 3.00. The molecule has 0 unspecified atom stereocenters. The van der Waals surface area contributed by atoms with Crippen molar-refractivity contribution in [1.82, 2.24) is 19.1 Å². The first-order chi connectivity index (χ1) is 11.3. The molecular weight excluding hydrogens is 352 g/mol. The van der Waals surface area contributed by atoms with E-state index in [9.17, 15) is 0 Å². The van der Waals surface area contributed by atoms with E-state index in [1.807, 2.05) is 23.2 Å². The molecule has 0 amide bonds. The van der Waals surface area contributed by atoms with Gasteiger partial charge in [0.2, 0.25) is 0 Å². The average molecular weight is 367 g/mol. The minimum absolute atomic E-state index is 0.714. The van der Waals surface area contributed by atoms with Gasteiger partial charge in [0.05, 0.1) is 23.9 Å². The first-order valence-electron chi connectivity index (χ1n) is 7.44. The molecular formula is C18H15BrN4. The number of hydrogen-bond donors (Lipinski definition) is 0. The molecule has 0 radical (unpaired) electrons. The van der Waals surface area contributed by atoms with Gasteiger partial charge in [0, 0.05) is 23.4 Å². The van der Waals surface area contributed by atoms with Crippen molar-refractivity contribution in [2.75, 3.05) is 0 Å². The molecule has 4 rings (SSSR count). The summed E-state index contributed by atoms with van der Waals surface area (Å²) >= 11 is 3.49. The van der Waals surface area contributed by atoms with Crippen LogP contribution in [0, 0.1) is 0 Å². The Morgan fingerprint density at radius 3 is 2.57 bits per heavy atom. The van der Waals surface area contributed by atoms with Crippen molar-refractivity contribution in [1.29, 1.82) is 0 Å². The Morgan fingerprint density at radius 2 is 1.78 bits per heavy atom. The topological polar surface area (TPSA) is 35.6 Å². The van der Waals surface area contributed by atoms with Gasteiger partial charge < -0.3 is 9.13 Å². The van der Waals surface area contributed by atoms with Gasteiger partial charge in [-0.3, -0.25) is 0 Å². The predicted molar refractivity (Wildman–Crippen MR) is 94.3 cm³/mol. The summed E-state index contributed by atoms with van der Waals surface area (Å²) in [5, 5.41) is 0. The molecule has 0 spiro atoms. The van der Waals surface area contributed by atoms with Crippen LogP contribution in [-0.4, -0.2) is 19.1 Å². The molecule has 2 heterocycles. The highest BCUT2D eigenvalue weighted by Crippen LogP contribution is 2.19. The minimum Gasteiger partial charge on any atom is -0.330 e. The molecule has 0 N–H and O–H groups in total. The quantitative estimate of drug-likeness (QED) is 0.545. The zero-order chi connectivity index (χ0) is 15.6. The number of benzene rings is 2. The Kier molecular flexibility index (Phi) is 3.71. The van der Waals surface area contributed by atoms with Crippen LogP contribution < -0.4 is 0 Å². The lowest BCUT2D eigenvalue weighted by Crippen LogP contribution is -2.08. The number of halogens is 1. The Morgan fingerprint density at radius 1 is 0.957 bits per heavy atom. The molecule has 0 atom stereocenters. The Bertz CT molecular complexity index is 923. The van der Waals surface area contributed by atoms with Gasteiger partial charge >= 0.3 is 0 Å². The fourth-order valence-electron chi connectivity index (χ4n) is 2.74. The molecule has 2 aromatic heterocycles. The van der Waals surface area contributed by atoms with Crippen molar-refractivity contribution in [3.05, 3.63) is 83.1 Å². The molecule has 0 aliphatic rings. The maximum atomic E-state index is 4.81. The Labute approximate surface area is 142 Å². The highest BCUT2D eigenvalue weighted by molar-refractivity contribution is 9.10. The molecule has 5 heteroatoms. The lowest BCUT2D eigenvalue weighted by atomic mass is 10.2. The summed E-state index contributed by atoms with van der Waals surface area (Å²) in [5.74, 6) is 1.03. The van der Waals surface area contributed by atoms with Crippen LogP contribution in [0.25, 0.3) is 11.0 Å². The highest BCUT2D eigenvalue weighted by atomic mass is 79.9. The van der Waals surface area contributed by atoms with E-state index in [2.05, 4.69) is 67.9 Å². The number of fused-ring (bicyclic) bond motifs is 1. The highest BCUT2D eigenvalue weighted by Gasteiger charge is 2.11. The van der Waals surface area contributed by atoms with E-state index in [0.29, 0.717) is 6.54 Å². The van der Waals surface area contributed by atoms with Crippen LogP contribution in [0.15, 0.2) is 71.7 Å². The number of nitrogens with zero attached hydrogens (tertiary/aromatic N) is 4. The molecule has 0 aliphatic heterocycles. The Balaban J connectivity index is 1.77. The maximum Gasteiger partial charge on any atom is 0.130 e. The monoisotopic (exact) mass is 366 g/mol. The van der Waals surface area contributed by atoms with Gasteiger partial charge in [0.1, 0.15) is 5.82 Å². The zero-order valence-electron chi connectivity index (χ0n) is 12.4. The third-order valence-electron chi connectivity index (χ3n) is 3.87. The van der Waals surface area contributed by atoms with E-state index < -0.39 is 0 Å². The SMILES string of the molecule is Brc1ccc(Cn2c(Cn3ccnc3)nc3ccccc32)cc1. The fraction of sp³-hybridized carbons (Fsp3) is 0.111. The molecule has 0 saturated heterocycles.